The number of carbonyl (C=O) groups excluding carboxylic acids is 1. The van der Waals surface area contributed by atoms with Crippen LogP contribution in [0.15, 0.2) is 12.4 Å². The average Bonchev–Trinajstić information content (AvgIpc) is 2.01. The van der Waals surface area contributed by atoms with Crippen LogP contribution in [0.25, 0.3) is 0 Å². The summed E-state index contributed by atoms with van der Waals surface area (Å²) in [5.74, 6) is 0. The van der Waals surface area contributed by atoms with Crippen molar-refractivity contribution in [3.05, 3.63) is 23.2 Å². The van der Waals surface area contributed by atoms with Gasteiger partial charge in [0, 0.05) is 0 Å². The fourth-order valence-corrected chi connectivity index (χ4v) is 0.734. The van der Waals surface area contributed by atoms with E-state index in [1.165, 1.54) is 12.4 Å². The second-order valence-electron chi connectivity index (χ2n) is 1.74. The summed E-state index contributed by atoms with van der Waals surface area (Å²) in [4.78, 5) is 17.3. The molecular weight excluding hydrogens is 168 g/mol. The Balaban J connectivity index is 2.63. The van der Waals surface area contributed by atoms with Crippen LogP contribution in [0.3, 0.4) is 0 Å². The van der Waals surface area contributed by atoms with Crippen molar-refractivity contribution in [1.29, 1.82) is 0 Å². The largest absolute Gasteiger partial charge is 0.461 e. The van der Waals surface area contributed by atoms with E-state index in [1.807, 2.05) is 0 Å². The van der Waals surface area contributed by atoms with E-state index >= 15 is 0 Å². The molecule has 0 fully saturated rings. The molecule has 0 saturated heterocycles. The first-order valence-corrected chi connectivity index (χ1v) is 3.22. The van der Waals surface area contributed by atoms with E-state index in [0.717, 1.165) is 0 Å². The molecule has 5 heteroatoms. The summed E-state index contributed by atoms with van der Waals surface area (Å²) in [6.07, 6.45) is 2.89. The topological polar surface area (TPSA) is 52.1 Å². The maximum absolute atomic E-state index is 9.76. The minimum Gasteiger partial charge on any atom is -0.461 e. The molecule has 0 spiro atoms. The van der Waals surface area contributed by atoms with Crippen molar-refractivity contribution in [2.24, 2.45) is 0 Å². The molecule has 0 atom stereocenters. The van der Waals surface area contributed by atoms with E-state index in [4.69, 9.17) is 11.6 Å². The second kappa shape index (κ2) is 3.88. The van der Waals surface area contributed by atoms with E-state index in [1.54, 1.807) is 0 Å². The van der Waals surface area contributed by atoms with Crippen LogP contribution in [0.4, 0.5) is 0 Å². The molecule has 1 aromatic heterocycles. The minimum absolute atomic E-state index is 0.108. The van der Waals surface area contributed by atoms with Crippen LogP contribution < -0.4 is 0 Å². The quantitative estimate of drug-likeness (QED) is 0.633. The highest BCUT2D eigenvalue weighted by atomic mass is 35.5. The van der Waals surface area contributed by atoms with Gasteiger partial charge in [-0.05, 0) is 0 Å². The first-order valence-electron chi connectivity index (χ1n) is 2.84. The van der Waals surface area contributed by atoms with Crippen LogP contribution in [0.2, 0.25) is 5.15 Å². The Bertz CT molecular complexity index is 254. The molecule has 0 radical (unpaired) electrons. The molecule has 0 aliphatic heterocycles. The SMILES string of the molecule is O=COCc1cncc(Cl)n1. The van der Waals surface area contributed by atoms with Gasteiger partial charge >= 0.3 is 0 Å². The molecule has 1 rings (SSSR count). The van der Waals surface area contributed by atoms with Crippen molar-refractivity contribution in [1.82, 2.24) is 9.97 Å². The summed E-state index contributed by atoms with van der Waals surface area (Å²) >= 11 is 5.51. The van der Waals surface area contributed by atoms with Gasteiger partial charge in [0.05, 0.1) is 18.1 Å². The highest BCUT2D eigenvalue weighted by molar-refractivity contribution is 6.29. The van der Waals surface area contributed by atoms with Crippen LogP contribution in [-0.2, 0) is 16.1 Å². The molecule has 1 heterocycles. The van der Waals surface area contributed by atoms with Crippen molar-refractivity contribution in [2.75, 3.05) is 0 Å². The van der Waals surface area contributed by atoms with Gasteiger partial charge in [-0.3, -0.25) is 9.78 Å². The lowest BCUT2D eigenvalue weighted by Crippen LogP contribution is -1.94. The molecule has 58 valence electrons. The van der Waals surface area contributed by atoms with Gasteiger partial charge in [-0.15, -0.1) is 0 Å². The fourth-order valence-electron chi connectivity index (χ4n) is 0.569. The number of halogens is 1. The zero-order valence-corrected chi connectivity index (χ0v) is 6.28. The molecule has 0 saturated carbocycles. The molecule has 0 aromatic carbocycles. The fraction of sp³-hybridized carbons (Fsp3) is 0.167. The van der Waals surface area contributed by atoms with Gasteiger partial charge < -0.3 is 4.74 Å². The van der Waals surface area contributed by atoms with E-state index in [-0.39, 0.29) is 11.8 Å². The van der Waals surface area contributed by atoms with E-state index in [2.05, 4.69) is 14.7 Å². The van der Waals surface area contributed by atoms with Crippen molar-refractivity contribution < 1.29 is 9.53 Å². The Morgan fingerprint density at radius 3 is 3.09 bits per heavy atom. The van der Waals surface area contributed by atoms with Crippen LogP contribution in [0.1, 0.15) is 5.69 Å². The Morgan fingerprint density at radius 2 is 2.45 bits per heavy atom. The number of ether oxygens (including phenoxy) is 1. The number of rotatable bonds is 3. The van der Waals surface area contributed by atoms with Crippen LogP contribution in [-0.4, -0.2) is 16.4 Å². The number of hydrogen-bond acceptors (Lipinski definition) is 4. The highest BCUT2D eigenvalue weighted by Crippen LogP contribution is 2.02. The Morgan fingerprint density at radius 1 is 1.64 bits per heavy atom. The Hall–Kier alpha value is -1.16. The van der Waals surface area contributed by atoms with Crippen LogP contribution in [0.5, 0.6) is 0 Å². The predicted octanol–water partition coefficient (Wildman–Crippen LogP) is 0.803. The molecule has 0 aliphatic carbocycles. The van der Waals surface area contributed by atoms with Crippen molar-refractivity contribution in [3.63, 3.8) is 0 Å². The van der Waals surface area contributed by atoms with Gasteiger partial charge in [0.2, 0.25) is 0 Å². The molecule has 0 unspecified atom stereocenters. The first-order chi connectivity index (χ1) is 5.33. The van der Waals surface area contributed by atoms with Gasteiger partial charge in [0.25, 0.3) is 6.47 Å². The summed E-state index contributed by atoms with van der Waals surface area (Å²) in [7, 11) is 0. The van der Waals surface area contributed by atoms with E-state index in [9.17, 15) is 4.79 Å². The lowest BCUT2D eigenvalue weighted by Gasteiger charge is -1.96. The average molecular weight is 173 g/mol. The second-order valence-corrected chi connectivity index (χ2v) is 2.13. The summed E-state index contributed by atoms with van der Waals surface area (Å²) in [6, 6.07) is 0. The summed E-state index contributed by atoms with van der Waals surface area (Å²) in [6.45, 7) is 0.458. The van der Waals surface area contributed by atoms with E-state index < -0.39 is 0 Å². The van der Waals surface area contributed by atoms with Crippen molar-refractivity contribution in [3.8, 4) is 0 Å². The first kappa shape index (κ1) is 7.94. The molecular formula is C6H5ClN2O2. The lowest BCUT2D eigenvalue weighted by molar-refractivity contribution is -0.129. The van der Waals surface area contributed by atoms with Crippen molar-refractivity contribution in [2.45, 2.75) is 6.61 Å². The van der Waals surface area contributed by atoms with Gasteiger partial charge in [-0.1, -0.05) is 11.6 Å². The monoisotopic (exact) mass is 172 g/mol. The number of nitrogens with zero attached hydrogens (tertiary/aromatic N) is 2. The number of aromatic nitrogens is 2. The van der Waals surface area contributed by atoms with Gasteiger partial charge in [0.1, 0.15) is 11.8 Å². The summed E-state index contributed by atoms with van der Waals surface area (Å²) in [5, 5.41) is 0.289. The molecule has 0 bridgehead atoms. The summed E-state index contributed by atoms with van der Waals surface area (Å²) in [5.41, 5.74) is 0.532. The molecule has 1 aromatic rings. The maximum Gasteiger partial charge on any atom is 0.293 e. The van der Waals surface area contributed by atoms with Gasteiger partial charge in [0.15, 0.2) is 0 Å². The molecule has 11 heavy (non-hydrogen) atoms. The molecule has 0 amide bonds. The lowest BCUT2D eigenvalue weighted by atomic mass is 10.5. The third-order valence-corrected chi connectivity index (χ3v) is 1.14. The number of carbonyl (C=O) groups is 1. The zero-order valence-electron chi connectivity index (χ0n) is 5.53. The maximum atomic E-state index is 9.76. The molecule has 4 nitrogen and oxygen atoms in total. The Kier molecular flexibility index (Phi) is 2.80. The predicted molar refractivity (Wildman–Crippen MR) is 37.9 cm³/mol. The summed E-state index contributed by atoms with van der Waals surface area (Å²) < 4.78 is 4.43. The third-order valence-electron chi connectivity index (χ3n) is 0.954. The van der Waals surface area contributed by atoms with Crippen LogP contribution in [0, 0.1) is 0 Å². The zero-order chi connectivity index (χ0) is 8.10. The van der Waals surface area contributed by atoms with E-state index in [0.29, 0.717) is 12.2 Å². The van der Waals surface area contributed by atoms with Crippen molar-refractivity contribution >= 4 is 18.1 Å². The minimum atomic E-state index is 0.108. The van der Waals surface area contributed by atoms with Crippen LogP contribution >= 0.6 is 11.6 Å². The van der Waals surface area contributed by atoms with Gasteiger partial charge in [-0.25, -0.2) is 4.98 Å². The number of hydrogen-bond donors (Lipinski definition) is 0. The standard InChI is InChI=1S/C6H5ClN2O2/c7-6-2-8-1-5(9-6)3-11-4-10/h1-2,4H,3H2. The van der Waals surface area contributed by atoms with Gasteiger partial charge in [-0.2, -0.15) is 0 Å². The Labute approximate surface area is 68.2 Å². The molecule has 0 aliphatic rings. The normalized spacial score (nSPS) is 9.18. The molecule has 0 N–H and O–H groups in total. The highest BCUT2D eigenvalue weighted by Gasteiger charge is 1.95. The third kappa shape index (κ3) is 2.51. The smallest absolute Gasteiger partial charge is 0.293 e.